The molecule has 2 heterocycles. The van der Waals surface area contributed by atoms with E-state index in [1.807, 2.05) is 26.8 Å². The lowest BCUT2D eigenvalue weighted by atomic mass is 10.1. The number of nitrogens with one attached hydrogen (secondary N) is 1. The van der Waals surface area contributed by atoms with Gasteiger partial charge in [0, 0.05) is 22.5 Å². The first-order valence-corrected chi connectivity index (χ1v) is 9.51. The number of benzene rings is 1. The highest BCUT2D eigenvalue weighted by atomic mass is 35.5. The maximum atomic E-state index is 13.0. The molecule has 4 amide bonds. The SMILES string of the molecule is Cc1ccc(N2C(=O)NC(=O)/C(=C\c3cc(C)n(C4CC4)c3C)C2=O)cc1Cl. The number of hydrogen-bond donors (Lipinski definition) is 1. The number of carbonyl (C=O) groups is 3. The molecule has 2 fully saturated rings. The Morgan fingerprint density at radius 3 is 2.46 bits per heavy atom. The highest BCUT2D eigenvalue weighted by Gasteiger charge is 2.37. The van der Waals surface area contributed by atoms with Crippen molar-refractivity contribution in [3.05, 3.63) is 57.4 Å². The Balaban J connectivity index is 1.75. The Hall–Kier alpha value is -2.86. The van der Waals surface area contributed by atoms with Crippen LogP contribution in [0, 0.1) is 20.8 Å². The summed E-state index contributed by atoms with van der Waals surface area (Å²) in [6, 6.07) is 6.57. The van der Waals surface area contributed by atoms with Crippen molar-refractivity contribution in [2.75, 3.05) is 4.90 Å². The Morgan fingerprint density at radius 2 is 1.82 bits per heavy atom. The number of nitrogens with zero attached hydrogens (tertiary/aromatic N) is 2. The molecule has 1 aromatic heterocycles. The summed E-state index contributed by atoms with van der Waals surface area (Å²) in [6.45, 7) is 5.82. The number of barbiturate groups is 1. The largest absolute Gasteiger partial charge is 0.346 e. The molecule has 1 aliphatic carbocycles. The van der Waals surface area contributed by atoms with Gasteiger partial charge in [0.1, 0.15) is 5.57 Å². The average Bonchev–Trinajstić information content (AvgIpc) is 3.41. The van der Waals surface area contributed by atoms with Gasteiger partial charge in [0.2, 0.25) is 0 Å². The molecule has 144 valence electrons. The van der Waals surface area contributed by atoms with Crippen molar-refractivity contribution >= 4 is 41.2 Å². The van der Waals surface area contributed by atoms with Crippen molar-refractivity contribution in [3.63, 3.8) is 0 Å². The zero-order chi connectivity index (χ0) is 20.2. The molecule has 1 aliphatic heterocycles. The molecule has 0 bridgehead atoms. The molecule has 7 heteroatoms. The lowest BCUT2D eigenvalue weighted by Gasteiger charge is -2.26. The van der Waals surface area contributed by atoms with E-state index in [2.05, 4.69) is 9.88 Å². The second-order valence-electron chi connectivity index (χ2n) is 7.32. The molecule has 2 aliphatic rings. The van der Waals surface area contributed by atoms with E-state index in [0.29, 0.717) is 16.8 Å². The van der Waals surface area contributed by atoms with Crippen molar-refractivity contribution in [3.8, 4) is 0 Å². The molecule has 1 saturated carbocycles. The van der Waals surface area contributed by atoms with Crippen LogP contribution in [0.2, 0.25) is 5.02 Å². The number of anilines is 1. The highest BCUT2D eigenvalue weighted by Crippen LogP contribution is 2.39. The first-order valence-electron chi connectivity index (χ1n) is 9.14. The first kappa shape index (κ1) is 18.5. The Morgan fingerprint density at radius 1 is 1.11 bits per heavy atom. The van der Waals surface area contributed by atoms with E-state index in [1.54, 1.807) is 24.3 Å². The molecule has 0 unspecified atom stereocenters. The van der Waals surface area contributed by atoms with Gasteiger partial charge in [0.25, 0.3) is 11.8 Å². The molecular formula is C21H20ClN3O3. The monoisotopic (exact) mass is 397 g/mol. The molecule has 28 heavy (non-hydrogen) atoms. The van der Waals surface area contributed by atoms with Crippen LogP contribution in [0.15, 0.2) is 29.8 Å². The van der Waals surface area contributed by atoms with Gasteiger partial charge in [-0.25, -0.2) is 9.69 Å². The van der Waals surface area contributed by atoms with Gasteiger partial charge < -0.3 is 4.57 Å². The molecule has 0 radical (unpaired) electrons. The summed E-state index contributed by atoms with van der Waals surface area (Å²) in [5, 5.41) is 2.69. The van der Waals surface area contributed by atoms with Crippen molar-refractivity contribution in [1.29, 1.82) is 0 Å². The minimum absolute atomic E-state index is 0.0765. The van der Waals surface area contributed by atoms with Gasteiger partial charge >= 0.3 is 6.03 Å². The molecular weight excluding hydrogens is 378 g/mol. The van der Waals surface area contributed by atoms with E-state index >= 15 is 0 Å². The second kappa shape index (κ2) is 6.63. The Labute approximate surface area is 167 Å². The quantitative estimate of drug-likeness (QED) is 0.626. The van der Waals surface area contributed by atoms with Crippen LogP contribution < -0.4 is 10.2 Å². The lowest BCUT2D eigenvalue weighted by Crippen LogP contribution is -2.54. The summed E-state index contributed by atoms with van der Waals surface area (Å²) in [6.07, 6.45) is 3.85. The zero-order valence-electron chi connectivity index (χ0n) is 15.9. The van der Waals surface area contributed by atoms with Crippen molar-refractivity contribution in [2.45, 2.75) is 39.7 Å². The van der Waals surface area contributed by atoms with Crippen LogP contribution in [0.4, 0.5) is 10.5 Å². The van der Waals surface area contributed by atoms with Crippen molar-refractivity contribution in [1.82, 2.24) is 9.88 Å². The number of aryl methyl sites for hydroxylation is 2. The molecule has 0 atom stereocenters. The summed E-state index contributed by atoms with van der Waals surface area (Å²) in [5.41, 5.74) is 3.98. The zero-order valence-corrected chi connectivity index (χ0v) is 16.6. The molecule has 1 N–H and O–H groups in total. The number of amides is 4. The Kier molecular flexibility index (Phi) is 4.38. The van der Waals surface area contributed by atoms with Crippen LogP contribution in [-0.2, 0) is 9.59 Å². The molecule has 4 rings (SSSR count). The third-order valence-corrected chi connectivity index (χ3v) is 5.66. The minimum Gasteiger partial charge on any atom is -0.346 e. The van der Waals surface area contributed by atoms with Gasteiger partial charge in [-0.15, -0.1) is 0 Å². The summed E-state index contributed by atoms with van der Waals surface area (Å²) in [7, 11) is 0. The highest BCUT2D eigenvalue weighted by molar-refractivity contribution is 6.39. The number of rotatable bonds is 3. The third-order valence-electron chi connectivity index (χ3n) is 5.25. The summed E-state index contributed by atoms with van der Waals surface area (Å²) < 4.78 is 2.24. The van der Waals surface area contributed by atoms with Gasteiger partial charge in [-0.2, -0.15) is 0 Å². The van der Waals surface area contributed by atoms with Crippen LogP contribution >= 0.6 is 11.6 Å². The van der Waals surface area contributed by atoms with Crippen LogP contribution in [0.5, 0.6) is 0 Å². The summed E-state index contributed by atoms with van der Waals surface area (Å²) in [5.74, 6) is -1.36. The minimum atomic E-state index is -0.782. The molecule has 1 aromatic carbocycles. The number of urea groups is 1. The van der Waals surface area contributed by atoms with Crippen LogP contribution in [-0.4, -0.2) is 22.4 Å². The van der Waals surface area contributed by atoms with E-state index in [4.69, 9.17) is 11.6 Å². The third kappa shape index (κ3) is 3.03. The van der Waals surface area contributed by atoms with Crippen LogP contribution in [0.25, 0.3) is 6.08 Å². The molecule has 0 spiro atoms. The van der Waals surface area contributed by atoms with Gasteiger partial charge in [0.05, 0.1) is 5.69 Å². The van der Waals surface area contributed by atoms with Gasteiger partial charge in [-0.1, -0.05) is 17.7 Å². The fraction of sp³-hybridized carbons (Fsp3) is 0.286. The molecule has 6 nitrogen and oxygen atoms in total. The summed E-state index contributed by atoms with van der Waals surface area (Å²) >= 11 is 6.15. The topological polar surface area (TPSA) is 71.4 Å². The van der Waals surface area contributed by atoms with E-state index in [1.165, 1.54) is 0 Å². The van der Waals surface area contributed by atoms with Crippen LogP contribution in [0.3, 0.4) is 0 Å². The first-order chi connectivity index (χ1) is 13.3. The van der Waals surface area contributed by atoms with Gasteiger partial charge in [-0.05, 0) is 69.0 Å². The normalized spacial score (nSPS) is 18.8. The lowest BCUT2D eigenvalue weighted by molar-refractivity contribution is -0.122. The van der Waals surface area contributed by atoms with E-state index in [-0.39, 0.29) is 5.57 Å². The van der Waals surface area contributed by atoms with Crippen molar-refractivity contribution < 1.29 is 14.4 Å². The standard InChI is InChI=1S/C21H20ClN3O3/c1-11-4-5-16(10-18(11)22)25-20(27)17(19(26)23-21(25)28)9-14-8-12(2)24(13(14)3)15-6-7-15/h4-5,8-10,15H,6-7H2,1-3H3,(H,23,26,28)/b17-9+. The second-order valence-corrected chi connectivity index (χ2v) is 7.73. The van der Waals surface area contributed by atoms with Gasteiger partial charge in [-0.3, -0.25) is 14.9 Å². The molecule has 1 saturated heterocycles. The maximum Gasteiger partial charge on any atom is 0.335 e. The number of hydrogen-bond acceptors (Lipinski definition) is 3. The maximum absolute atomic E-state index is 13.0. The number of imide groups is 2. The number of carbonyl (C=O) groups excluding carboxylic acids is 3. The predicted octanol–water partition coefficient (Wildman–Crippen LogP) is 4.07. The van der Waals surface area contributed by atoms with E-state index in [0.717, 1.165) is 40.3 Å². The van der Waals surface area contributed by atoms with Crippen LogP contribution in [0.1, 0.15) is 41.4 Å². The number of aromatic nitrogens is 1. The average molecular weight is 398 g/mol. The predicted molar refractivity (Wildman–Crippen MR) is 107 cm³/mol. The fourth-order valence-electron chi connectivity index (χ4n) is 3.61. The molecule has 2 aromatic rings. The Bertz CT molecular complexity index is 1060. The fourth-order valence-corrected chi connectivity index (χ4v) is 3.79. The van der Waals surface area contributed by atoms with E-state index in [9.17, 15) is 14.4 Å². The number of halogens is 1. The van der Waals surface area contributed by atoms with E-state index < -0.39 is 17.8 Å². The summed E-state index contributed by atoms with van der Waals surface area (Å²) in [4.78, 5) is 38.7. The van der Waals surface area contributed by atoms with Gasteiger partial charge in [0.15, 0.2) is 0 Å². The van der Waals surface area contributed by atoms with Crippen molar-refractivity contribution in [2.24, 2.45) is 0 Å². The smallest absolute Gasteiger partial charge is 0.335 e.